The molecule has 7 heteroatoms. The number of nitrogens with one attached hydrogen (secondary N) is 1. The minimum Gasteiger partial charge on any atom is -0.479 e. The number of carboxylic acid groups (broad SMARTS) is 1. The Kier molecular flexibility index (Phi) is 5.05. The Morgan fingerprint density at radius 3 is 2.58 bits per heavy atom. The van der Waals surface area contributed by atoms with Crippen LogP contribution in [0.25, 0.3) is 0 Å². The van der Waals surface area contributed by atoms with Gasteiger partial charge in [-0.25, -0.2) is 4.79 Å². The van der Waals surface area contributed by atoms with Gasteiger partial charge in [0.1, 0.15) is 5.56 Å². The zero-order valence-corrected chi connectivity index (χ0v) is 11.1. The van der Waals surface area contributed by atoms with E-state index in [1.54, 1.807) is 6.92 Å². The predicted molar refractivity (Wildman–Crippen MR) is 65.9 cm³/mol. The number of hydrogen-bond donors (Lipinski definition) is 3. The molecule has 106 valence electrons. The van der Waals surface area contributed by atoms with Gasteiger partial charge in [0, 0.05) is 18.9 Å². The average Bonchev–Trinajstić information content (AvgIpc) is 2.70. The number of nitrogens with zero attached hydrogens (tertiary/aromatic N) is 1. The number of carbonyl (C=O) groups excluding carboxylic acids is 1. The second kappa shape index (κ2) is 6.33. The van der Waals surface area contributed by atoms with Crippen molar-refractivity contribution >= 4 is 11.9 Å². The lowest BCUT2D eigenvalue weighted by molar-refractivity contribution is -0.146. The molecule has 7 nitrogen and oxygen atoms in total. The largest absolute Gasteiger partial charge is 0.479 e. The first kappa shape index (κ1) is 15.2. The fourth-order valence-electron chi connectivity index (χ4n) is 1.59. The van der Waals surface area contributed by atoms with E-state index < -0.39 is 12.1 Å². The summed E-state index contributed by atoms with van der Waals surface area (Å²) in [6, 6.07) is 0. The van der Waals surface area contributed by atoms with E-state index in [2.05, 4.69) is 10.5 Å². The number of carboxylic acids is 1. The van der Waals surface area contributed by atoms with E-state index >= 15 is 0 Å². The van der Waals surface area contributed by atoms with Crippen LogP contribution in [0, 0.1) is 6.92 Å². The van der Waals surface area contributed by atoms with Crippen molar-refractivity contribution in [3.8, 4) is 0 Å². The molecule has 1 aromatic rings. The van der Waals surface area contributed by atoms with Gasteiger partial charge < -0.3 is 20.1 Å². The van der Waals surface area contributed by atoms with Crippen LogP contribution in [0.4, 0.5) is 0 Å². The average molecular weight is 270 g/mol. The van der Waals surface area contributed by atoms with Crippen molar-refractivity contribution in [1.29, 1.82) is 0 Å². The van der Waals surface area contributed by atoms with E-state index in [1.165, 1.54) is 0 Å². The number of aryl methyl sites for hydroxylation is 1. The van der Waals surface area contributed by atoms with Gasteiger partial charge in [0.25, 0.3) is 5.91 Å². The van der Waals surface area contributed by atoms with Crippen molar-refractivity contribution in [2.75, 3.05) is 6.54 Å². The maximum Gasteiger partial charge on any atom is 0.332 e. The molecule has 1 atom stereocenters. The molecule has 1 heterocycles. The van der Waals surface area contributed by atoms with Gasteiger partial charge in [0.05, 0.1) is 5.69 Å². The molecule has 1 amide bonds. The molecule has 3 N–H and O–H groups in total. The molecule has 0 aromatic carbocycles. The number of aliphatic carboxylic acids is 1. The Labute approximate surface area is 110 Å². The summed E-state index contributed by atoms with van der Waals surface area (Å²) in [7, 11) is 0. The highest BCUT2D eigenvalue weighted by atomic mass is 16.5. The third kappa shape index (κ3) is 3.78. The van der Waals surface area contributed by atoms with Crippen molar-refractivity contribution in [3.05, 3.63) is 17.0 Å². The minimum atomic E-state index is -1.48. The van der Waals surface area contributed by atoms with Gasteiger partial charge in [-0.15, -0.1) is 0 Å². The second-order valence-corrected chi connectivity index (χ2v) is 4.56. The number of aliphatic hydroxyl groups excluding tert-OH is 1. The Morgan fingerprint density at radius 2 is 2.05 bits per heavy atom. The van der Waals surface area contributed by atoms with E-state index in [0.29, 0.717) is 17.0 Å². The van der Waals surface area contributed by atoms with Crippen molar-refractivity contribution in [2.45, 2.75) is 39.2 Å². The Hall–Kier alpha value is -1.89. The number of carbonyl (C=O) groups is 2. The highest BCUT2D eigenvalue weighted by molar-refractivity contribution is 5.96. The van der Waals surface area contributed by atoms with E-state index in [0.717, 1.165) is 0 Å². The number of amides is 1. The molecule has 0 aliphatic heterocycles. The van der Waals surface area contributed by atoms with Crippen LogP contribution in [0.5, 0.6) is 0 Å². The molecule has 0 unspecified atom stereocenters. The van der Waals surface area contributed by atoms with Crippen LogP contribution < -0.4 is 5.32 Å². The summed E-state index contributed by atoms with van der Waals surface area (Å²) in [4.78, 5) is 22.4. The Morgan fingerprint density at radius 1 is 1.42 bits per heavy atom. The lowest BCUT2D eigenvalue weighted by Crippen LogP contribution is -2.30. The van der Waals surface area contributed by atoms with Gasteiger partial charge in [-0.05, 0) is 6.92 Å². The van der Waals surface area contributed by atoms with E-state index in [-0.39, 0.29) is 24.8 Å². The first-order valence-corrected chi connectivity index (χ1v) is 5.99. The zero-order valence-electron chi connectivity index (χ0n) is 11.1. The number of aliphatic hydroxyl groups is 1. The molecule has 0 radical (unpaired) electrons. The highest BCUT2D eigenvalue weighted by Crippen LogP contribution is 2.21. The van der Waals surface area contributed by atoms with Crippen molar-refractivity contribution in [2.24, 2.45) is 0 Å². The fourth-order valence-corrected chi connectivity index (χ4v) is 1.59. The molecule has 0 aliphatic rings. The highest BCUT2D eigenvalue weighted by Gasteiger charge is 2.22. The molecular formula is C12H18N2O5. The van der Waals surface area contributed by atoms with E-state index in [1.807, 2.05) is 13.8 Å². The quantitative estimate of drug-likeness (QED) is 0.700. The molecule has 0 bridgehead atoms. The first-order chi connectivity index (χ1) is 8.84. The molecule has 0 saturated heterocycles. The maximum atomic E-state index is 12.0. The number of hydrogen-bond acceptors (Lipinski definition) is 5. The van der Waals surface area contributed by atoms with Crippen LogP contribution in [-0.2, 0) is 4.79 Å². The Bertz CT molecular complexity index is 467. The van der Waals surface area contributed by atoms with Crippen molar-refractivity contribution in [3.63, 3.8) is 0 Å². The summed E-state index contributed by atoms with van der Waals surface area (Å²) in [5.41, 5.74) is 0.861. The third-order valence-corrected chi connectivity index (χ3v) is 2.63. The molecule has 19 heavy (non-hydrogen) atoms. The van der Waals surface area contributed by atoms with Gasteiger partial charge in [-0.2, -0.15) is 0 Å². The zero-order chi connectivity index (χ0) is 14.6. The number of aromatic nitrogens is 1. The summed E-state index contributed by atoms with van der Waals surface area (Å²) in [6.07, 6.45) is -1.53. The topological polar surface area (TPSA) is 113 Å². The molecule has 0 aliphatic carbocycles. The minimum absolute atomic E-state index is 0.0200. The van der Waals surface area contributed by atoms with E-state index in [4.69, 9.17) is 14.7 Å². The van der Waals surface area contributed by atoms with Gasteiger partial charge in [0.15, 0.2) is 11.9 Å². The lowest BCUT2D eigenvalue weighted by Gasteiger charge is -2.08. The molecule has 1 rings (SSSR count). The normalized spacial score (nSPS) is 12.5. The van der Waals surface area contributed by atoms with Crippen LogP contribution in [0.3, 0.4) is 0 Å². The van der Waals surface area contributed by atoms with Crippen LogP contribution in [0.15, 0.2) is 4.52 Å². The summed E-state index contributed by atoms with van der Waals surface area (Å²) in [5, 5.41) is 23.9. The lowest BCUT2D eigenvalue weighted by atomic mass is 10.0. The molecule has 0 spiro atoms. The number of rotatable bonds is 6. The molecule has 0 saturated carbocycles. The predicted octanol–water partition coefficient (Wildman–Crippen LogP) is 0.672. The molecule has 1 aromatic heterocycles. The first-order valence-electron chi connectivity index (χ1n) is 5.99. The van der Waals surface area contributed by atoms with Crippen molar-refractivity contribution < 1.29 is 24.3 Å². The summed E-state index contributed by atoms with van der Waals surface area (Å²) < 4.78 is 5.09. The smallest absolute Gasteiger partial charge is 0.332 e. The molecule has 0 fully saturated rings. The van der Waals surface area contributed by atoms with Crippen LogP contribution in [0.2, 0.25) is 0 Å². The second-order valence-electron chi connectivity index (χ2n) is 4.56. The summed E-state index contributed by atoms with van der Waals surface area (Å²) >= 11 is 0. The standard InChI is InChI=1S/C12H18N2O5/c1-6(2)10-9(7(3)14-19-10)11(16)13-5-4-8(15)12(17)18/h6,8,15H,4-5H2,1-3H3,(H,13,16)(H,17,18)/t8-/m0/s1. The Balaban J connectivity index is 2.64. The van der Waals surface area contributed by atoms with Crippen LogP contribution in [-0.4, -0.2) is 39.9 Å². The summed E-state index contributed by atoms with van der Waals surface area (Å²) in [6.45, 7) is 5.49. The van der Waals surface area contributed by atoms with Gasteiger partial charge >= 0.3 is 5.97 Å². The monoisotopic (exact) mass is 270 g/mol. The van der Waals surface area contributed by atoms with Gasteiger partial charge in [0.2, 0.25) is 0 Å². The fraction of sp³-hybridized carbons (Fsp3) is 0.583. The summed E-state index contributed by atoms with van der Waals surface area (Å²) in [5.74, 6) is -1.17. The molecular weight excluding hydrogens is 252 g/mol. The SMILES string of the molecule is Cc1noc(C(C)C)c1C(=O)NCC[C@H](O)C(=O)O. The maximum absolute atomic E-state index is 12.0. The van der Waals surface area contributed by atoms with Crippen LogP contribution in [0.1, 0.15) is 48.0 Å². The third-order valence-electron chi connectivity index (χ3n) is 2.63. The van der Waals surface area contributed by atoms with Crippen LogP contribution >= 0.6 is 0 Å². The van der Waals surface area contributed by atoms with Gasteiger partial charge in [-0.1, -0.05) is 19.0 Å². The van der Waals surface area contributed by atoms with E-state index in [9.17, 15) is 9.59 Å². The van der Waals surface area contributed by atoms with Crippen molar-refractivity contribution in [1.82, 2.24) is 10.5 Å². The van der Waals surface area contributed by atoms with Gasteiger partial charge in [-0.3, -0.25) is 4.79 Å².